The van der Waals surface area contributed by atoms with Gasteiger partial charge in [0.1, 0.15) is 5.82 Å². The lowest BCUT2D eigenvalue weighted by atomic mass is 10.1. The second-order valence-corrected chi connectivity index (χ2v) is 9.80. The average Bonchev–Trinajstić information content (AvgIpc) is 2.74. The molecule has 0 spiro atoms. The Balaban J connectivity index is 1.84. The van der Waals surface area contributed by atoms with Gasteiger partial charge in [-0.25, -0.2) is 17.1 Å². The first-order valence-corrected chi connectivity index (χ1v) is 11.6. The van der Waals surface area contributed by atoms with Gasteiger partial charge in [-0.3, -0.25) is 4.79 Å². The lowest BCUT2D eigenvalue weighted by Gasteiger charge is -2.30. The number of hydrogen-bond donors (Lipinski definition) is 1. The number of benzene rings is 2. The molecule has 1 aliphatic rings. The molecule has 0 atom stereocenters. The summed E-state index contributed by atoms with van der Waals surface area (Å²) in [5, 5.41) is 2.86. The van der Waals surface area contributed by atoms with E-state index in [1.807, 2.05) is 0 Å². The Morgan fingerprint density at radius 3 is 2.50 bits per heavy atom. The van der Waals surface area contributed by atoms with Crippen molar-refractivity contribution in [2.45, 2.75) is 30.6 Å². The van der Waals surface area contributed by atoms with Gasteiger partial charge in [0.25, 0.3) is 5.91 Å². The highest BCUT2D eigenvalue weighted by Crippen LogP contribution is 2.28. The van der Waals surface area contributed by atoms with Crippen LogP contribution in [-0.2, 0) is 16.4 Å². The minimum atomic E-state index is -3.66. The van der Waals surface area contributed by atoms with Crippen LogP contribution in [0.4, 0.5) is 10.1 Å². The van der Waals surface area contributed by atoms with Crippen molar-refractivity contribution < 1.29 is 17.6 Å². The second-order valence-electron chi connectivity index (χ2n) is 7.65. The largest absolute Gasteiger partial charge is 0.371 e. The molecule has 8 heteroatoms. The molecule has 2 aromatic carbocycles. The predicted molar refractivity (Wildman–Crippen MR) is 116 cm³/mol. The lowest BCUT2D eigenvalue weighted by molar-refractivity contribution is 0.0954. The molecule has 0 radical (unpaired) electrons. The van der Waals surface area contributed by atoms with E-state index in [0.717, 1.165) is 47.9 Å². The maximum absolute atomic E-state index is 13.3. The number of rotatable bonds is 7. The Morgan fingerprint density at radius 2 is 1.83 bits per heavy atom. The zero-order valence-electron chi connectivity index (χ0n) is 17.4. The van der Waals surface area contributed by atoms with Crippen LogP contribution in [0.2, 0.25) is 0 Å². The summed E-state index contributed by atoms with van der Waals surface area (Å²) >= 11 is 0. The molecule has 1 saturated heterocycles. The van der Waals surface area contributed by atoms with Crippen molar-refractivity contribution in [3.63, 3.8) is 0 Å². The number of nitrogens with zero attached hydrogens (tertiary/aromatic N) is 2. The molecule has 1 fully saturated rings. The lowest BCUT2D eigenvalue weighted by Crippen LogP contribution is -2.33. The van der Waals surface area contributed by atoms with Crippen molar-refractivity contribution in [2.24, 2.45) is 0 Å². The fraction of sp³-hybridized carbons (Fsp3) is 0.409. The molecular weight excluding hydrogens is 405 g/mol. The van der Waals surface area contributed by atoms with E-state index in [1.165, 1.54) is 32.3 Å². The van der Waals surface area contributed by atoms with Crippen LogP contribution in [0.3, 0.4) is 0 Å². The first-order chi connectivity index (χ1) is 14.3. The van der Waals surface area contributed by atoms with Gasteiger partial charge in [0.05, 0.1) is 10.5 Å². The van der Waals surface area contributed by atoms with E-state index in [-0.39, 0.29) is 16.6 Å². The fourth-order valence-corrected chi connectivity index (χ4v) is 4.52. The number of nitrogens with one attached hydrogen (secondary N) is 1. The highest BCUT2D eigenvalue weighted by molar-refractivity contribution is 7.89. The van der Waals surface area contributed by atoms with E-state index in [1.54, 1.807) is 24.3 Å². The van der Waals surface area contributed by atoms with Crippen LogP contribution in [0, 0.1) is 5.82 Å². The monoisotopic (exact) mass is 433 g/mol. The smallest absolute Gasteiger partial charge is 0.253 e. The van der Waals surface area contributed by atoms with Crippen LogP contribution in [0.25, 0.3) is 0 Å². The van der Waals surface area contributed by atoms with Crippen molar-refractivity contribution in [3.05, 3.63) is 59.4 Å². The minimum absolute atomic E-state index is 0.0866. The van der Waals surface area contributed by atoms with Crippen LogP contribution in [-0.4, -0.2) is 52.4 Å². The van der Waals surface area contributed by atoms with Gasteiger partial charge in [-0.05, 0) is 61.6 Å². The number of hydrogen-bond acceptors (Lipinski definition) is 4. The topological polar surface area (TPSA) is 69.7 Å². The van der Waals surface area contributed by atoms with Crippen LogP contribution in [0.1, 0.15) is 35.2 Å². The molecule has 1 aliphatic heterocycles. The quantitative estimate of drug-likeness (QED) is 0.729. The first kappa shape index (κ1) is 22.2. The van der Waals surface area contributed by atoms with Crippen LogP contribution in [0.5, 0.6) is 0 Å². The average molecular weight is 434 g/mol. The minimum Gasteiger partial charge on any atom is -0.371 e. The molecule has 0 aliphatic carbocycles. The van der Waals surface area contributed by atoms with Gasteiger partial charge in [-0.1, -0.05) is 12.1 Å². The number of piperidine rings is 1. The molecule has 0 bridgehead atoms. The molecule has 0 aromatic heterocycles. The summed E-state index contributed by atoms with van der Waals surface area (Å²) in [6.45, 7) is 2.00. The molecule has 162 valence electrons. The van der Waals surface area contributed by atoms with Gasteiger partial charge in [0.2, 0.25) is 10.0 Å². The molecule has 3 rings (SSSR count). The fourth-order valence-electron chi connectivity index (χ4n) is 3.59. The highest BCUT2D eigenvalue weighted by atomic mass is 32.2. The van der Waals surface area contributed by atoms with Gasteiger partial charge in [0.15, 0.2) is 0 Å². The molecule has 0 saturated carbocycles. The van der Waals surface area contributed by atoms with Gasteiger partial charge in [-0.2, -0.15) is 0 Å². The summed E-state index contributed by atoms with van der Waals surface area (Å²) in [5.74, 6) is -0.643. The molecule has 2 aromatic rings. The highest BCUT2D eigenvalue weighted by Gasteiger charge is 2.24. The Kier molecular flexibility index (Phi) is 7.10. The molecule has 1 N–H and O–H groups in total. The summed E-state index contributed by atoms with van der Waals surface area (Å²) in [5.41, 5.74) is 1.88. The molecule has 6 nitrogen and oxygen atoms in total. The van der Waals surface area contributed by atoms with Crippen molar-refractivity contribution in [1.82, 2.24) is 9.62 Å². The SMILES string of the molecule is CN(C)S(=O)(=O)c1ccc(N2CCCCC2)c(C(=O)NCCc2cccc(F)c2)c1. The number of anilines is 1. The van der Waals surface area contributed by atoms with Crippen molar-refractivity contribution in [3.8, 4) is 0 Å². The van der Waals surface area contributed by atoms with E-state index >= 15 is 0 Å². The van der Waals surface area contributed by atoms with Crippen LogP contribution >= 0.6 is 0 Å². The maximum atomic E-state index is 13.3. The van der Waals surface area contributed by atoms with Crippen LogP contribution in [0.15, 0.2) is 47.4 Å². The zero-order chi connectivity index (χ0) is 21.7. The second kappa shape index (κ2) is 9.57. The zero-order valence-corrected chi connectivity index (χ0v) is 18.2. The maximum Gasteiger partial charge on any atom is 0.253 e. The Labute approximate surface area is 177 Å². The standard InChI is InChI=1S/C22H28FN3O3S/c1-25(2)30(28,29)19-9-10-21(26-13-4-3-5-14-26)20(16-19)22(27)24-12-11-17-7-6-8-18(23)15-17/h6-10,15-16H,3-5,11-14H2,1-2H3,(H,24,27). The number of carbonyl (C=O) groups is 1. The summed E-state index contributed by atoms with van der Waals surface area (Å²) in [6, 6.07) is 11.0. The number of amides is 1. The van der Waals surface area contributed by atoms with Crippen molar-refractivity contribution >= 4 is 21.6 Å². The molecule has 30 heavy (non-hydrogen) atoms. The van der Waals surface area contributed by atoms with Crippen molar-refractivity contribution in [1.29, 1.82) is 0 Å². The van der Waals surface area contributed by atoms with Crippen LogP contribution < -0.4 is 10.2 Å². The number of sulfonamides is 1. The third-order valence-electron chi connectivity index (χ3n) is 5.28. The van der Waals surface area contributed by atoms with Gasteiger partial charge in [0, 0.05) is 39.4 Å². The van der Waals surface area contributed by atoms with Gasteiger partial charge in [-0.15, -0.1) is 0 Å². The summed E-state index contributed by atoms with van der Waals surface area (Å²) in [7, 11) is -0.726. The van der Waals surface area contributed by atoms with E-state index in [9.17, 15) is 17.6 Å². The number of carbonyl (C=O) groups excluding carboxylic acids is 1. The van der Waals surface area contributed by atoms with E-state index in [2.05, 4.69) is 10.2 Å². The molecule has 1 amide bonds. The Hall–Kier alpha value is -2.45. The van der Waals surface area contributed by atoms with Gasteiger partial charge >= 0.3 is 0 Å². The Bertz CT molecular complexity index is 1000. The van der Waals surface area contributed by atoms with Crippen molar-refractivity contribution in [2.75, 3.05) is 38.6 Å². The van der Waals surface area contributed by atoms with E-state index in [4.69, 9.17) is 0 Å². The van der Waals surface area contributed by atoms with Gasteiger partial charge < -0.3 is 10.2 Å². The summed E-state index contributed by atoms with van der Waals surface area (Å²) < 4.78 is 39.6. The summed E-state index contributed by atoms with van der Waals surface area (Å²) in [4.78, 5) is 15.2. The molecular formula is C22H28FN3O3S. The third kappa shape index (κ3) is 5.17. The van der Waals surface area contributed by atoms with E-state index < -0.39 is 10.0 Å². The molecule has 0 unspecified atom stereocenters. The first-order valence-electron chi connectivity index (χ1n) is 10.1. The predicted octanol–water partition coefficient (Wildman–Crippen LogP) is 3.04. The normalized spacial score (nSPS) is 14.7. The molecule has 1 heterocycles. The number of halogens is 1. The van der Waals surface area contributed by atoms with E-state index in [0.29, 0.717) is 18.5 Å². The Morgan fingerprint density at radius 1 is 1.10 bits per heavy atom. The summed E-state index contributed by atoms with van der Waals surface area (Å²) in [6.07, 6.45) is 3.72. The third-order valence-corrected chi connectivity index (χ3v) is 7.09.